The lowest BCUT2D eigenvalue weighted by atomic mass is 9.98. The highest BCUT2D eigenvalue weighted by Gasteiger charge is 2.40. The second-order valence-corrected chi connectivity index (χ2v) is 35.6. The van der Waals surface area contributed by atoms with Gasteiger partial charge in [0.05, 0.1) is 35.1 Å². The minimum absolute atomic E-state index is 0.00771. The zero-order valence-corrected chi connectivity index (χ0v) is 79.1. The number of nitrogens with one attached hydrogen (secondary N) is 4. The van der Waals surface area contributed by atoms with Crippen LogP contribution >= 0.6 is 48.9 Å². The molecule has 4 fully saturated rings. The first-order chi connectivity index (χ1) is 66.2. The van der Waals surface area contributed by atoms with Crippen LogP contribution in [0.1, 0.15) is 173 Å². The maximum atomic E-state index is 13.2. The van der Waals surface area contributed by atoms with Crippen molar-refractivity contribution in [2.75, 3.05) is 17.2 Å². The summed E-state index contributed by atoms with van der Waals surface area (Å²) in [5.74, 6) is -2.49. The zero-order valence-electron chi connectivity index (χ0n) is 75.9. The van der Waals surface area contributed by atoms with Gasteiger partial charge in [0, 0.05) is 69.9 Å². The number of halogens is 23. The second-order valence-electron chi connectivity index (χ2n) is 33.5. The number of amides is 2. The monoisotopic (exact) mass is 2110 g/mol. The average molecular weight is 2110 g/mol. The van der Waals surface area contributed by atoms with E-state index < -0.39 is 79.6 Å². The number of carbonyl (C=O) groups is 3. The maximum Gasteiger partial charge on any atom is 0.573 e. The number of rotatable bonds is 36. The van der Waals surface area contributed by atoms with Crippen molar-refractivity contribution < 1.29 is 172 Å². The van der Waals surface area contributed by atoms with E-state index in [1.807, 2.05) is 0 Å². The molecule has 19 nitrogen and oxygen atoms in total. The van der Waals surface area contributed by atoms with Gasteiger partial charge in [-0.15, -0.1) is 92.2 Å². The molecule has 0 bridgehead atoms. The number of hydrogen-bond donors (Lipinski definition) is 4. The lowest BCUT2D eigenvalue weighted by molar-refractivity contribution is -0.275. The molecular weight excluding hydrogens is 2010 g/mol. The number of ketones is 1. The van der Waals surface area contributed by atoms with E-state index in [1.54, 1.807) is 25.1 Å². The molecule has 8 aromatic rings. The number of benzene rings is 8. The van der Waals surface area contributed by atoms with Crippen LogP contribution in [-0.2, 0) is 24.1 Å². The van der Waals surface area contributed by atoms with E-state index >= 15 is 0 Å². The highest BCUT2D eigenvalue weighted by molar-refractivity contribution is 7.81. The van der Waals surface area contributed by atoms with Crippen LogP contribution in [-0.4, -0.2) is 125 Å². The van der Waals surface area contributed by atoms with Gasteiger partial charge in [-0.25, -0.2) is 0 Å². The van der Waals surface area contributed by atoms with E-state index in [1.165, 1.54) is 142 Å². The fraction of sp³-hybridized carbons (Fsp3) is 0.427. The third-order valence-electron chi connectivity index (χ3n) is 21.3. The van der Waals surface area contributed by atoms with Gasteiger partial charge in [-0.3, -0.25) is 14.4 Å². The Bertz CT molecular complexity index is 5600. The average Bonchev–Trinajstić information content (AvgIpc) is 1.69. The lowest BCUT2D eigenvalue weighted by Crippen LogP contribution is -2.36. The van der Waals surface area contributed by atoms with E-state index in [0.717, 1.165) is 73.7 Å². The van der Waals surface area contributed by atoms with E-state index in [2.05, 4.69) is 59.2 Å². The number of thiocarbonyl (C=S) groups is 4. The molecule has 0 spiro atoms. The first kappa shape index (κ1) is 114. The topological polar surface area (TPSA) is 210 Å². The SMILES string of the molecule is CC(=O)Nc1cc(OC(C)(F)F)ccc1OC1CCC(CC(=S)Cc2cccc(OC(F)(F)F)c2)C1.CC(=O)c1cc(OC(F)(F)F)ccc1OC1CCC(CC(=S)Cc2cccc(OC(F)(F)F)c2)C1.CCCNC(=O)c1cc(OC2CCC(NC(=S)Nc3cccc(OC(F)(F)F)c3)C2)ccc1OC(F)(F)F.Cc1cc(OC2CCC(CC(=S)Cc3cccc(OC(F)(F)F)c3)C2)ccc1OC(F)(F)F. The molecule has 0 aromatic heterocycles. The number of alkyl halides is 23. The van der Waals surface area contributed by atoms with Crippen molar-refractivity contribution in [1.82, 2.24) is 10.6 Å². The molecular formula is C96H95F23N4O15S4. The molecule has 4 N–H and O–H groups in total. The van der Waals surface area contributed by atoms with E-state index in [9.17, 15) is 115 Å². The van der Waals surface area contributed by atoms with Crippen LogP contribution in [0.15, 0.2) is 170 Å². The molecule has 8 atom stereocenters. The Balaban J connectivity index is 0.000000212. The number of anilines is 2. The van der Waals surface area contributed by atoms with Gasteiger partial charge in [0.15, 0.2) is 10.9 Å². The quantitative estimate of drug-likeness (QED) is 0.0163. The van der Waals surface area contributed by atoms with Gasteiger partial charge < -0.3 is 78.1 Å². The van der Waals surface area contributed by atoms with Crippen molar-refractivity contribution in [2.45, 2.75) is 238 Å². The molecule has 0 saturated heterocycles. The first-order valence-electron chi connectivity index (χ1n) is 43.8. The van der Waals surface area contributed by atoms with Gasteiger partial charge in [-0.2, -0.15) is 8.78 Å². The van der Waals surface area contributed by atoms with Crippen LogP contribution < -0.4 is 78.1 Å². The molecule has 4 aliphatic carbocycles. The Morgan fingerprint density at radius 3 is 1.14 bits per heavy atom. The fourth-order valence-electron chi connectivity index (χ4n) is 15.9. The van der Waals surface area contributed by atoms with Crippen molar-refractivity contribution in [3.05, 3.63) is 203 Å². The highest BCUT2D eigenvalue weighted by Crippen LogP contribution is 2.43. The van der Waals surface area contributed by atoms with Gasteiger partial charge in [0.2, 0.25) is 5.91 Å². The molecule has 774 valence electrons. The molecule has 2 amide bonds. The molecule has 4 aliphatic rings. The number of ether oxygens (including phenoxy) is 12. The van der Waals surface area contributed by atoms with Crippen molar-refractivity contribution >= 4 is 97.6 Å². The van der Waals surface area contributed by atoms with Gasteiger partial charge in [-0.05, 0) is 292 Å². The smallest absolute Gasteiger partial charge is 0.490 e. The third-order valence-corrected chi connectivity index (χ3v) is 22.5. The van der Waals surface area contributed by atoms with Crippen LogP contribution in [0.2, 0.25) is 0 Å². The van der Waals surface area contributed by atoms with Crippen LogP contribution in [0.5, 0.6) is 69.0 Å². The van der Waals surface area contributed by atoms with Crippen molar-refractivity contribution in [3.63, 3.8) is 0 Å². The highest BCUT2D eigenvalue weighted by atomic mass is 32.1. The molecule has 0 aliphatic heterocycles. The number of Topliss-reactive ketones (excluding diaryl/α,β-unsaturated/α-hetero) is 1. The Morgan fingerprint density at radius 2 is 0.718 bits per heavy atom. The Labute approximate surface area is 821 Å². The Morgan fingerprint density at radius 1 is 0.359 bits per heavy atom. The van der Waals surface area contributed by atoms with Gasteiger partial charge in [0.1, 0.15) is 75.1 Å². The zero-order chi connectivity index (χ0) is 104. The Hall–Kier alpha value is -11.7. The summed E-state index contributed by atoms with van der Waals surface area (Å²) in [4.78, 5) is 38.0. The van der Waals surface area contributed by atoms with E-state index in [4.69, 9.17) is 67.8 Å². The van der Waals surface area contributed by atoms with Crippen molar-refractivity contribution in [1.29, 1.82) is 0 Å². The lowest BCUT2D eigenvalue weighted by Gasteiger charge is -2.19. The number of carbonyl (C=O) groups excluding carboxylic acids is 3. The summed E-state index contributed by atoms with van der Waals surface area (Å²) in [7, 11) is 0. The molecule has 142 heavy (non-hydrogen) atoms. The van der Waals surface area contributed by atoms with E-state index in [-0.39, 0.29) is 123 Å². The van der Waals surface area contributed by atoms with Crippen LogP contribution in [0.3, 0.4) is 0 Å². The Kier molecular flexibility index (Phi) is 40.5. The predicted molar refractivity (Wildman–Crippen MR) is 491 cm³/mol. The summed E-state index contributed by atoms with van der Waals surface area (Å²) in [6.07, 6.45) is -26.0. The summed E-state index contributed by atoms with van der Waals surface area (Å²) in [6.45, 7) is 6.73. The fourth-order valence-corrected chi connectivity index (χ4v) is 17.4. The largest absolute Gasteiger partial charge is 0.573 e. The summed E-state index contributed by atoms with van der Waals surface area (Å²) in [5.41, 5.74) is 2.41. The molecule has 12 rings (SSSR count). The van der Waals surface area contributed by atoms with Crippen LogP contribution in [0.25, 0.3) is 0 Å². The second kappa shape index (κ2) is 50.5. The molecule has 46 heteroatoms. The van der Waals surface area contributed by atoms with Gasteiger partial charge >= 0.3 is 50.6 Å². The molecule has 0 radical (unpaired) electrons. The summed E-state index contributed by atoms with van der Waals surface area (Å²) in [5, 5.41) is 11.1. The normalized spacial score (nSPS) is 18.1. The molecule has 4 saturated carbocycles. The number of hydrogen-bond acceptors (Lipinski definition) is 19. The standard InChI is InChI=1S/C25H26F5NO4S.C24H25F6N3O4S.C24H22F6O4S.C23H22F6O3S/c1-15(32)31-22-14-20(34-24(2,26)27)8-9-23(22)33-18-7-6-17(10-18)13-21(36)12-16-4-3-5-19(11-16)35-25(28,29)30;1-2-10-31-21(34)19-13-17(8-9-20(19)37-24(28,29)30)35-16-7-6-15(11-16)33-22(38)32-14-4-3-5-18(12-14)36-23(25,26)27;1-14(31)21-13-19(34-24(28,29)30)7-8-22(21)32-17-6-5-16(9-17)12-20(35)11-15-3-2-4-18(10-15)33-23(25,26)27;1-14-9-17(7-8-21(14)32-23(27,28)29)30-18-6-5-16(10-18)13-20(33)12-15-3-2-4-19(11-15)31-22(24,25)26/h3-5,8-9,11,14,17-18H,6-7,10,12-13H2,1-2H3,(H,31,32);3-5,8-9,12-13,15-16H,2,6-7,10-11H2,1H3,(H,31,34)(H2,32,33,38);2-4,7-8,10,13,16-17H,5-6,9,11-12H2,1H3;2-4,7-9,11,16,18H,5-6,10,12-13H2,1H3. The minimum atomic E-state index is -4.97. The molecule has 8 unspecified atom stereocenters. The third kappa shape index (κ3) is 42.9. The summed E-state index contributed by atoms with van der Waals surface area (Å²) in [6, 6.07) is 37.5. The summed E-state index contributed by atoms with van der Waals surface area (Å²) < 4.78 is 344. The predicted octanol–water partition coefficient (Wildman–Crippen LogP) is 27.6. The van der Waals surface area contributed by atoms with Crippen LogP contribution in [0, 0.1) is 24.7 Å². The maximum absolute atomic E-state index is 13.2. The minimum Gasteiger partial charge on any atom is -0.490 e. The first-order valence-corrected chi connectivity index (χ1v) is 45.5. The summed E-state index contributed by atoms with van der Waals surface area (Å²) >= 11 is 21.7. The molecule has 8 aromatic carbocycles. The van der Waals surface area contributed by atoms with Gasteiger partial charge in [0.25, 0.3) is 5.91 Å². The van der Waals surface area contributed by atoms with Crippen molar-refractivity contribution in [3.8, 4) is 69.0 Å². The number of aryl methyl sites for hydroxylation is 1. The van der Waals surface area contributed by atoms with Gasteiger partial charge in [-0.1, -0.05) is 86.0 Å². The van der Waals surface area contributed by atoms with E-state index in [0.29, 0.717) is 140 Å². The molecule has 0 heterocycles. The van der Waals surface area contributed by atoms with Crippen molar-refractivity contribution in [2.24, 2.45) is 17.8 Å². The van der Waals surface area contributed by atoms with Crippen LogP contribution in [0.4, 0.5) is 112 Å².